The fourth-order valence-corrected chi connectivity index (χ4v) is 3.91. The molecule has 1 amide bonds. The van der Waals surface area contributed by atoms with E-state index in [1.54, 1.807) is 25.1 Å². The molecule has 2 aromatic carbocycles. The van der Waals surface area contributed by atoms with Gasteiger partial charge in [-0.3, -0.25) is 9.59 Å². The van der Waals surface area contributed by atoms with Crippen molar-refractivity contribution >= 4 is 44.9 Å². The highest BCUT2D eigenvalue weighted by Gasteiger charge is 2.24. The van der Waals surface area contributed by atoms with Gasteiger partial charge in [-0.15, -0.1) is 0 Å². The van der Waals surface area contributed by atoms with Crippen LogP contribution in [0.5, 0.6) is 0 Å². The molecule has 0 fully saturated rings. The molecule has 2 aromatic rings. The van der Waals surface area contributed by atoms with E-state index >= 15 is 0 Å². The van der Waals surface area contributed by atoms with Crippen molar-refractivity contribution in [2.24, 2.45) is 0 Å². The van der Waals surface area contributed by atoms with Crippen LogP contribution in [0.2, 0.25) is 10.0 Å². The van der Waals surface area contributed by atoms with Crippen LogP contribution < -0.4 is 5.32 Å². The number of rotatable bonds is 7. The third kappa shape index (κ3) is 5.32. The molecule has 0 saturated heterocycles. The normalized spacial score (nSPS) is 12.6. The van der Waals surface area contributed by atoms with Crippen LogP contribution in [-0.4, -0.2) is 38.0 Å². The average molecular weight is 443 g/mol. The van der Waals surface area contributed by atoms with Crippen molar-refractivity contribution in [3.05, 3.63) is 63.6 Å². The van der Waals surface area contributed by atoms with Gasteiger partial charge in [0.25, 0.3) is 0 Å². The summed E-state index contributed by atoms with van der Waals surface area (Å²) in [7, 11) is -2.55. The van der Waals surface area contributed by atoms with Crippen molar-refractivity contribution < 1.29 is 18.0 Å². The van der Waals surface area contributed by atoms with Crippen molar-refractivity contribution in [1.29, 1.82) is 0 Å². The zero-order chi connectivity index (χ0) is 21.1. The molecule has 0 saturated carbocycles. The lowest BCUT2D eigenvalue weighted by Crippen LogP contribution is -2.39. The SMILES string of the molecule is CC(=O)c1ccc(S(=O)(=O)N(C)CC(=O)NC(C)c2ccc(Cl)c(Cl)c2)cc1. The Balaban J connectivity index is 2.05. The Bertz CT molecular complexity index is 991. The maximum absolute atomic E-state index is 12.6. The van der Waals surface area contributed by atoms with Crippen LogP contribution in [-0.2, 0) is 14.8 Å². The predicted molar refractivity (Wildman–Crippen MR) is 109 cm³/mol. The number of hydrogen-bond acceptors (Lipinski definition) is 4. The van der Waals surface area contributed by atoms with E-state index in [0.29, 0.717) is 15.6 Å². The van der Waals surface area contributed by atoms with Crippen molar-refractivity contribution in [2.75, 3.05) is 13.6 Å². The number of halogens is 2. The summed E-state index contributed by atoms with van der Waals surface area (Å²) >= 11 is 11.9. The van der Waals surface area contributed by atoms with E-state index in [9.17, 15) is 18.0 Å². The summed E-state index contributed by atoms with van der Waals surface area (Å²) in [4.78, 5) is 23.6. The second-order valence-corrected chi connectivity index (χ2v) is 9.16. The lowest BCUT2D eigenvalue weighted by molar-refractivity contribution is -0.121. The zero-order valence-electron chi connectivity index (χ0n) is 15.6. The van der Waals surface area contributed by atoms with Crippen LogP contribution in [0, 0.1) is 0 Å². The summed E-state index contributed by atoms with van der Waals surface area (Å²) in [5.41, 5.74) is 1.16. The van der Waals surface area contributed by atoms with E-state index in [1.807, 2.05) is 0 Å². The highest BCUT2D eigenvalue weighted by molar-refractivity contribution is 7.89. The molecule has 0 radical (unpaired) electrons. The molecule has 0 bridgehead atoms. The number of benzene rings is 2. The van der Waals surface area contributed by atoms with Crippen LogP contribution in [0.1, 0.15) is 35.8 Å². The molecule has 0 aliphatic carbocycles. The lowest BCUT2D eigenvalue weighted by Gasteiger charge is -2.20. The molecule has 0 heterocycles. The highest BCUT2D eigenvalue weighted by Crippen LogP contribution is 2.25. The van der Waals surface area contributed by atoms with Gasteiger partial charge < -0.3 is 5.32 Å². The fourth-order valence-electron chi connectivity index (χ4n) is 2.48. The quantitative estimate of drug-likeness (QED) is 0.662. The standard InChI is InChI=1S/C19H20Cl2N2O4S/c1-12(15-6-9-17(20)18(21)10-15)22-19(25)11-23(3)28(26,27)16-7-4-14(5-8-16)13(2)24/h4-10,12H,11H2,1-3H3,(H,22,25). The Labute approximate surface area is 174 Å². The predicted octanol–water partition coefficient (Wildman–Crippen LogP) is 3.69. The molecule has 0 aromatic heterocycles. The third-order valence-corrected chi connectivity index (χ3v) is 6.71. The summed E-state index contributed by atoms with van der Waals surface area (Å²) in [6, 6.07) is 10.2. The molecule has 1 unspecified atom stereocenters. The molecule has 6 nitrogen and oxygen atoms in total. The Morgan fingerprint density at radius 2 is 1.68 bits per heavy atom. The zero-order valence-corrected chi connectivity index (χ0v) is 17.9. The van der Waals surface area contributed by atoms with Crippen molar-refractivity contribution in [3.63, 3.8) is 0 Å². The van der Waals surface area contributed by atoms with Crippen LogP contribution >= 0.6 is 23.2 Å². The number of sulfonamides is 1. The number of nitrogens with zero attached hydrogens (tertiary/aromatic N) is 1. The van der Waals surface area contributed by atoms with Gasteiger partial charge in [0.1, 0.15) is 0 Å². The van der Waals surface area contributed by atoms with E-state index in [-0.39, 0.29) is 23.3 Å². The smallest absolute Gasteiger partial charge is 0.243 e. The van der Waals surface area contributed by atoms with Crippen molar-refractivity contribution in [1.82, 2.24) is 9.62 Å². The monoisotopic (exact) mass is 442 g/mol. The number of amides is 1. The first-order valence-electron chi connectivity index (χ1n) is 8.34. The van der Waals surface area contributed by atoms with Gasteiger partial charge in [0.2, 0.25) is 15.9 Å². The molecule has 0 spiro atoms. The van der Waals surface area contributed by atoms with Gasteiger partial charge in [-0.1, -0.05) is 41.4 Å². The summed E-state index contributed by atoms with van der Waals surface area (Å²) in [5, 5.41) is 3.51. The van der Waals surface area contributed by atoms with Crippen LogP contribution in [0.4, 0.5) is 0 Å². The fraction of sp³-hybridized carbons (Fsp3) is 0.263. The van der Waals surface area contributed by atoms with Gasteiger partial charge in [-0.2, -0.15) is 4.31 Å². The number of ketones is 1. The van der Waals surface area contributed by atoms with Crippen LogP contribution in [0.3, 0.4) is 0 Å². The van der Waals surface area contributed by atoms with Crippen molar-refractivity contribution in [3.8, 4) is 0 Å². The Kier molecular flexibility index (Phi) is 7.22. The first-order chi connectivity index (χ1) is 13.0. The Hall–Kier alpha value is -1.93. The van der Waals surface area contributed by atoms with Crippen LogP contribution in [0.15, 0.2) is 47.4 Å². The number of carbonyl (C=O) groups excluding carboxylic acids is 2. The number of likely N-dealkylation sites (N-methyl/N-ethyl adjacent to an activating group) is 1. The van der Waals surface area contributed by atoms with E-state index < -0.39 is 15.9 Å². The third-order valence-electron chi connectivity index (χ3n) is 4.16. The minimum absolute atomic E-state index is 0.00494. The van der Waals surface area contributed by atoms with Crippen LogP contribution in [0.25, 0.3) is 0 Å². The molecule has 1 N–H and O–H groups in total. The van der Waals surface area contributed by atoms with Gasteiger partial charge in [0, 0.05) is 12.6 Å². The molecule has 9 heteroatoms. The van der Waals surface area contributed by atoms with Gasteiger partial charge in [-0.05, 0) is 43.7 Å². The highest BCUT2D eigenvalue weighted by atomic mass is 35.5. The van der Waals surface area contributed by atoms with Gasteiger partial charge >= 0.3 is 0 Å². The number of Topliss-reactive ketones (excluding diaryl/α,β-unsaturated/α-hetero) is 1. The summed E-state index contributed by atoms with van der Waals surface area (Å²) in [6.45, 7) is 2.80. The molecule has 1 atom stereocenters. The first-order valence-corrected chi connectivity index (χ1v) is 10.5. The second-order valence-electron chi connectivity index (χ2n) is 6.30. The largest absolute Gasteiger partial charge is 0.348 e. The van der Waals surface area contributed by atoms with Crippen molar-refractivity contribution in [2.45, 2.75) is 24.8 Å². The lowest BCUT2D eigenvalue weighted by atomic mass is 10.1. The van der Waals surface area contributed by atoms with E-state index in [1.165, 1.54) is 38.2 Å². The molecular weight excluding hydrogens is 423 g/mol. The second kappa shape index (κ2) is 9.05. The molecule has 150 valence electrons. The molecule has 2 rings (SSSR count). The summed E-state index contributed by atoms with van der Waals surface area (Å²) in [6.07, 6.45) is 0. The molecule has 0 aliphatic rings. The van der Waals surface area contributed by atoms with E-state index in [4.69, 9.17) is 23.2 Å². The molecule has 0 aliphatic heterocycles. The maximum Gasteiger partial charge on any atom is 0.243 e. The van der Waals surface area contributed by atoms with Gasteiger partial charge in [0.05, 0.1) is 27.5 Å². The van der Waals surface area contributed by atoms with E-state index in [2.05, 4.69) is 5.32 Å². The van der Waals surface area contributed by atoms with Gasteiger partial charge in [0.15, 0.2) is 5.78 Å². The van der Waals surface area contributed by atoms with E-state index in [0.717, 1.165) is 9.87 Å². The van der Waals surface area contributed by atoms with Gasteiger partial charge in [-0.25, -0.2) is 8.42 Å². The summed E-state index contributed by atoms with van der Waals surface area (Å²) < 4.78 is 26.2. The minimum Gasteiger partial charge on any atom is -0.348 e. The topological polar surface area (TPSA) is 83.6 Å². The first kappa shape index (κ1) is 22.4. The molecule has 28 heavy (non-hydrogen) atoms. The maximum atomic E-state index is 12.6. The minimum atomic E-state index is -3.87. The number of carbonyl (C=O) groups is 2. The molecular formula is C19H20Cl2N2O4S. The Morgan fingerprint density at radius 3 is 2.21 bits per heavy atom. The summed E-state index contributed by atoms with van der Waals surface area (Å²) in [5.74, 6) is -0.627. The Morgan fingerprint density at radius 1 is 1.07 bits per heavy atom. The number of nitrogens with one attached hydrogen (secondary N) is 1. The number of hydrogen-bond donors (Lipinski definition) is 1. The average Bonchev–Trinajstić information content (AvgIpc) is 2.63.